The van der Waals surface area contributed by atoms with Crippen LogP contribution in [-0.2, 0) is 16.6 Å². The number of thiazole rings is 1. The molecule has 9 heteroatoms. The second kappa shape index (κ2) is 9.58. The Balaban J connectivity index is 2.01. The van der Waals surface area contributed by atoms with Crippen molar-refractivity contribution in [3.8, 4) is 11.5 Å². The first kappa shape index (κ1) is 24.5. The van der Waals surface area contributed by atoms with Crippen molar-refractivity contribution in [2.75, 3.05) is 20.8 Å². The molecule has 0 unspecified atom stereocenters. The van der Waals surface area contributed by atoms with Crippen LogP contribution in [-0.4, -0.2) is 35.9 Å². The number of esters is 1. The summed E-state index contributed by atoms with van der Waals surface area (Å²) in [4.78, 5) is 32.0. The number of aryl methyl sites for hydroxylation is 1. The molecular weight excluding hydrogens is 466 g/mol. The Morgan fingerprint density at radius 1 is 1.17 bits per heavy atom. The maximum Gasteiger partial charge on any atom is 0.338 e. The van der Waals surface area contributed by atoms with E-state index in [1.807, 2.05) is 39.1 Å². The van der Waals surface area contributed by atoms with Crippen molar-refractivity contribution in [3.63, 3.8) is 0 Å². The zero-order chi connectivity index (χ0) is 25.4. The topological polar surface area (TPSA) is 84.1 Å². The van der Waals surface area contributed by atoms with Gasteiger partial charge in [-0.1, -0.05) is 11.3 Å². The molecule has 1 atom stereocenters. The quantitative estimate of drug-likeness (QED) is 0.491. The normalized spacial score (nSPS) is 15.6. The summed E-state index contributed by atoms with van der Waals surface area (Å²) < 4.78 is 20.5. The van der Waals surface area contributed by atoms with Gasteiger partial charge in [0.1, 0.15) is 17.5 Å². The maximum atomic E-state index is 13.8. The van der Waals surface area contributed by atoms with E-state index in [0.717, 1.165) is 17.0 Å². The molecule has 0 fully saturated rings. The number of ether oxygens (including phenoxy) is 3. The third-order valence-electron chi connectivity index (χ3n) is 6.35. The summed E-state index contributed by atoms with van der Waals surface area (Å²) in [7, 11) is 5.11. The van der Waals surface area contributed by atoms with Crippen LogP contribution < -0.4 is 24.4 Å². The molecular formula is C26H29N3O5S. The lowest BCUT2D eigenvalue weighted by atomic mass is 9.95. The summed E-state index contributed by atoms with van der Waals surface area (Å²) >= 11 is 1.30. The van der Waals surface area contributed by atoms with Crippen molar-refractivity contribution in [1.82, 2.24) is 9.13 Å². The van der Waals surface area contributed by atoms with Gasteiger partial charge in [-0.3, -0.25) is 9.36 Å². The van der Waals surface area contributed by atoms with Crippen LogP contribution in [0.1, 0.15) is 42.4 Å². The standard InChI is InChI=1S/C26H29N3O5S/c1-8-34-25(31)22-15(3)27-26-29(23(22)19-10-9-18(32-6)13-20(19)33-7)24(30)21(35-26)12-17-11-14(2)28(5)16(17)4/h9-13,23H,8H2,1-7H3/b21-12+/t23-/m1/s1. The number of hydrogen-bond acceptors (Lipinski definition) is 7. The van der Waals surface area contributed by atoms with Gasteiger partial charge >= 0.3 is 5.97 Å². The van der Waals surface area contributed by atoms with Crippen molar-refractivity contribution in [2.24, 2.45) is 12.0 Å². The molecule has 184 valence electrons. The summed E-state index contributed by atoms with van der Waals surface area (Å²) in [5.41, 5.74) is 4.35. The molecule has 0 saturated carbocycles. The fourth-order valence-corrected chi connectivity index (χ4v) is 5.34. The third-order valence-corrected chi connectivity index (χ3v) is 7.34. The molecule has 1 aliphatic heterocycles. The van der Waals surface area contributed by atoms with E-state index < -0.39 is 12.0 Å². The van der Waals surface area contributed by atoms with Gasteiger partial charge in [0.2, 0.25) is 0 Å². The molecule has 3 heterocycles. The van der Waals surface area contributed by atoms with Crippen LogP contribution in [0.3, 0.4) is 0 Å². The van der Waals surface area contributed by atoms with E-state index in [2.05, 4.69) is 9.56 Å². The van der Waals surface area contributed by atoms with Crippen molar-refractivity contribution < 1.29 is 19.0 Å². The highest BCUT2D eigenvalue weighted by atomic mass is 32.1. The maximum absolute atomic E-state index is 13.8. The number of rotatable bonds is 6. The summed E-state index contributed by atoms with van der Waals surface area (Å²) in [6.45, 7) is 7.76. The molecule has 1 aliphatic rings. The highest BCUT2D eigenvalue weighted by Crippen LogP contribution is 2.37. The van der Waals surface area contributed by atoms with Crippen molar-refractivity contribution in [1.29, 1.82) is 0 Å². The number of benzene rings is 1. The summed E-state index contributed by atoms with van der Waals surface area (Å²) in [6, 6.07) is 6.61. The molecule has 1 aromatic carbocycles. The molecule has 3 aromatic rings. The molecule has 2 aromatic heterocycles. The number of nitrogens with zero attached hydrogens (tertiary/aromatic N) is 3. The minimum atomic E-state index is -0.757. The highest BCUT2D eigenvalue weighted by molar-refractivity contribution is 7.07. The Kier molecular flexibility index (Phi) is 6.71. The molecule has 4 rings (SSSR count). The predicted octanol–water partition coefficient (Wildman–Crippen LogP) is 2.77. The number of fused-ring (bicyclic) bond motifs is 1. The SMILES string of the molecule is CCOC(=O)C1=C(C)N=c2s/c(=C/c3cc(C)n(C)c3C)c(=O)n2[C@@H]1c1ccc(OC)cc1OC. The van der Waals surface area contributed by atoms with Crippen LogP contribution in [0.5, 0.6) is 11.5 Å². The number of hydrogen-bond donors (Lipinski definition) is 0. The number of carbonyl (C=O) groups is 1. The zero-order valence-corrected chi connectivity index (χ0v) is 21.8. The molecule has 0 bridgehead atoms. The Bertz CT molecular complexity index is 1520. The molecule has 0 aliphatic carbocycles. The monoisotopic (exact) mass is 495 g/mol. The van der Waals surface area contributed by atoms with Crippen molar-refractivity contribution in [2.45, 2.75) is 33.7 Å². The van der Waals surface area contributed by atoms with Crippen molar-refractivity contribution >= 4 is 23.4 Å². The highest BCUT2D eigenvalue weighted by Gasteiger charge is 2.35. The summed E-state index contributed by atoms with van der Waals surface area (Å²) in [6.07, 6.45) is 1.89. The molecule has 8 nitrogen and oxygen atoms in total. The van der Waals surface area contributed by atoms with E-state index in [0.29, 0.717) is 37.7 Å². The van der Waals surface area contributed by atoms with E-state index >= 15 is 0 Å². The first-order valence-electron chi connectivity index (χ1n) is 11.3. The van der Waals surface area contributed by atoms with E-state index in [9.17, 15) is 9.59 Å². The first-order chi connectivity index (χ1) is 16.7. The third kappa shape index (κ3) is 4.20. The van der Waals surface area contributed by atoms with Gasteiger partial charge in [0.25, 0.3) is 5.56 Å². The fraction of sp³-hybridized carbons (Fsp3) is 0.346. The number of aromatic nitrogens is 2. The number of carbonyl (C=O) groups excluding carboxylic acids is 1. The fourth-order valence-electron chi connectivity index (χ4n) is 4.30. The van der Waals surface area contributed by atoms with Crippen LogP contribution in [0.15, 0.2) is 45.3 Å². The second-order valence-corrected chi connectivity index (χ2v) is 9.30. The Morgan fingerprint density at radius 3 is 2.51 bits per heavy atom. The van der Waals surface area contributed by atoms with E-state index in [1.165, 1.54) is 11.3 Å². The lowest BCUT2D eigenvalue weighted by Gasteiger charge is -2.26. The van der Waals surface area contributed by atoms with Crippen LogP contribution in [0, 0.1) is 13.8 Å². The van der Waals surface area contributed by atoms with E-state index in [1.54, 1.807) is 44.8 Å². The van der Waals surface area contributed by atoms with Gasteiger partial charge in [-0.25, -0.2) is 9.79 Å². The molecule has 0 N–H and O–H groups in total. The first-order valence-corrected chi connectivity index (χ1v) is 12.1. The number of allylic oxidation sites excluding steroid dienone is 1. The predicted molar refractivity (Wildman–Crippen MR) is 135 cm³/mol. The van der Waals surface area contributed by atoms with Gasteiger partial charge < -0.3 is 18.8 Å². The molecule has 0 amide bonds. The van der Waals surface area contributed by atoms with Crippen LogP contribution in [0.4, 0.5) is 0 Å². The molecule has 0 spiro atoms. The lowest BCUT2D eigenvalue weighted by Crippen LogP contribution is -2.40. The average Bonchev–Trinajstić information content (AvgIpc) is 3.27. The van der Waals surface area contributed by atoms with Crippen LogP contribution in [0.2, 0.25) is 0 Å². The lowest BCUT2D eigenvalue weighted by molar-refractivity contribution is -0.139. The van der Waals surface area contributed by atoms with E-state index in [-0.39, 0.29) is 12.2 Å². The smallest absolute Gasteiger partial charge is 0.338 e. The van der Waals surface area contributed by atoms with Gasteiger partial charge in [0, 0.05) is 30.1 Å². The zero-order valence-electron chi connectivity index (χ0n) is 21.0. The minimum Gasteiger partial charge on any atom is -0.497 e. The Hall–Kier alpha value is -3.59. The van der Waals surface area contributed by atoms with Crippen molar-refractivity contribution in [3.05, 3.63) is 77.7 Å². The Labute approximate surface area is 207 Å². The van der Waals surface area contributed by atoms with Gasteiger partial charge in [-0.05, 0) is 57.5 Å². The Morgan fingerprint density at radius 2 is 1.91 bits per heavy atom. The molecule has 0 saturated heterocycles. The summed E-state index contributed by atoms with van der Waals surface area (Å²) in [5.74, 6) is 0.585. The number of methoxy groups -OCH3 is 2. The minimum absolute atomic E-state index is 0.207. The van der Waals surface area contributed by atoms with Gasteiger partial charge in [-0.15, -0.1) is 0 Å². The van der Waals surface area contributed by atoms with Gasteiger partial charge in [0.05, 0.1) is 36.6 Å². The average molecular weight is 496 g/mol. The second-order valence-electron chi connectivity index (χ2n) is 8.30. The largest absolute Gasteiger partial charge is 0.497 e. The molecule has 0 radical (unpaired) electrons. The van der Waals surface area contributed by atoms with Gasteiger partial charge in [-0.2, -0.15) is 0 Å². The van der Waals surface area contributed by atoms with Gasteiger partial charge in [0.15, 0.2) is 4.80 Å². The van der Waals surface area contributed by atoms with E-state index in [4.69, 9.17) is 14.2 Å². The van der Waals surface area contributed by atoms with Crippen LogP contribution in [0.25, 0.3) is 6.08 Å². The molecule has 35 heavy (non-hydrogen) atoms. The van der Waals surface area contributed by atoms with Crippen LogP contribution >= 0.6 is 11.3 Å². The summed E-state index contributed by atoms with van der Waals surface area (Å²) in [5, 5.41) is 0.